The third-order valence-electron chi connectivity index (χ3n) is 19.5. The molecule has 0 radical (unpaired) electrons. The molecule has 462 valence electrons. The van der Waals surface area contributed by atoms with Crippen LogP contribution < -0.4 is 19.6 Å². The highest BCUT2D eigenvalue weighted by Crippen LogP contribution is 2.59. The minimum absolute atomic E-state index is 0.927. The maximum Gasteiger partial charge on any atom is 0.0716 e. The van der Waals surface area contributed by atoms with E-state index in [9.17, 15) is 0 Å². The van der Waals surface area contributed by atoms with Crippen LogP contribution in [0.5, 0.6) is 0 Å². The molecule has 12 aromatic carbocycles. The molecule has 4 nitrogen and oxygen atoms in total. The van der Waals surface area contributed by atoms with E-state index in [0.717, 1.165) is 131 Å². The second-order valence-corrected chi connectivity index (χ2v) is 24.8. The summed E-state index contributed by atoms with van der Waals surface area (Å²) in [5, 5.41) is 0. The van der Waals surface area contributed by atoms with Gasteiger partial charge in [0.15, 0.2) is 0 Å². The molecule has 13 rings (SSSR count). The third-order valence-corrected chi connectivity index (χ3v) is 19.5. The zero-order valence-electron chi connectivity index (χ0n) is 55.5. The Morgan fingerprint density at radius 3 is 0.538 bits per heavy atom. The summed E-state index contributed by atoms with van der Waals surface area (Å²) < 4.78 is 0. The predicted molar refractivity (Wildman–Crippen MR) is 398 cm³/mol. The van der Waals surface area contributed by atoms with Crippen LogP contribution >= 0.6 is 0 Å². The number of hydrogen-bond donors (Lipinski definition) is 0. The van der Waals surface area contributed by atoms with Crippen molar-refractivity contribution in [1.82, 2.24) is 0 Å². The van der Waals surface area contributed by atoms with Crippen LogP contribution in [0, 0.1) is 0 Å². The van der Waals surface area contributed by atoms with Crippen molar-refractivity contribution in [1.29, 1.82) is 0 Å². The van der Waals surface area contributed by atoms with Crippen molar-refractivity contribution in [3.63, 3.8) is 0 Å². The summed E-state index contributed by atoms with van der Waals surface area (Å²) in [7, 11) is 0. The molecule has 0 saturated carbocycles. The van der Waals surface area contributed by atoms with Crippen LogP contribution in [0.2, 0.25) is 0 Å². The van der Waals surface area contributed by atoms with Crippen molar-refractivity contribution < 1.29 is 0 Å². The Balaban J connectivity index is 1.20. The highest BCUT2D eigenvalue weighted by Gasteiger charge is 2.47. The Labute approximate surface area is 553 Å². The fourth-order valence-electron chi connectivity index (χ4n) is 14.0. The van der Waals surface area contributed by atoms with E-state index in [1.165, 1.54) is 66.8 Å². The summed E-state index contributed by atoms with van der Waals surface area (Å²) in [6.07, 6.45) is 7.61. The van der Waals surface area contributed by atoms with Crippen LogP contribution in [-0.2, 0) is 56.8 Å². The summed E-state index contributed by atoms with van der Waals surface area (Å²) in [6, 6.07) is 107. The maximum absolute atomic E-state index is 2.53. The van der Waals surface area contributed by atoms with Gasteiger partial charge in [-0.05, 0) is 263 Å². The van der Waals surface area contributed by atoms with Crippen molar-refractivity contribution in [2.75, 3.05) is 19.6 Å². The van der Waals surface area contributed by atoms with Gasteiger partial charge in [0.2, 0.25) is 0 Å². The molecule has 0 spiro atoms. The van der Waals surface area contributed by atoms with Crippen molar-refractivity contribution in [2.24, 2.45) is 0 Å². The lowest BCUT2D eigenvalue weighted by Gasteiger charge is -2.39. The molecule has 4 heteroatoms. The van der Waals surface area contributed by atoms with Crippen molar-refractivity contribution in [3.05, 3.63) is 346 Å². The molecule has 0 aromatic heterocycles. The Morgan fingerprint density at radius 1 is 0.194 bits per heavy atom. The molecule has 0 fully saturated rings. The SMILES string of the molecule is CCc1ccc(N(c2ccc(CC)cc2)c2cc(N(c3ccc(CC)cc3)c3ccc(CC)cc3)cc(C3(c4cc(N(c5ccc(CC)cc5)c5ccc(CC)cc5)cc(N(c5ccc(CC)cc5)c5ccc(CC)cc5)c4)c4ccccc4-c4ccccc43)c2)cc1. The van der Waals surface area contributed by atoms with Crippen LogP contribution in [0.4, 0.5) is 68.2 Å². The highest BCUT2D eigenvalue weighted by molar-refractivity contribution is 5.92. The first-order valence-corrected chi connectivity index (χ1v) is 34.1. The first-order valence-electron chi connectivity index (χ1n) is 34.1. The fraction of sp³-hybridized carbons (Fsp3) is 0.191. The van der Waals surface area contributed by atoms with Gasteiger partial charge in [-0.3, -0.25) is 0 Å². The van der Waals surface area contributed by atoms with Crippen LogP contribution in [0.3, 0.4) is 0 Å². The lowest BCUT2D eigenvalue weighted by atomic mass is 9.67. The minimum atomic E-state index is -0.927. The summed E-state index contributed by atoms with van der Waals surface area (Å²) >= 11 is 0. The molecule has 0 saturated heterocycles. The van der Waals surface area contributed by atoms with Gasteiger partial charge in [0, 0.05) is 68.2 Å². The Morgan fingerprint density at radius 2 is 0.366 bits per heavy atom. The standard InChI is InChI=1S/C89H86N4/c1-9-63-25-41-73(42-26-63)90(74-43-27-64(10-2)28-44-74)81-57-71(58-82(61-81)91(75-45-29-65(11-3)30-46-75)76-47-31-66(12-4)32-48-76)89(87-23-19-17-21-85(87)86-22-18-20-24-88(86)89)72-59-83(92(77-49-33-67(13-5)34-50-77)78-51-35-68(14-6)36-52-78)62-84(60-72)93(79-53-37-69(15-7)38-54-79)80-55-39-70(16-8)40-56-80/h17-62H,9-16H2,1-8H3. The van der Waals surface area contributed by atoms with Gasteiger partial charge in [-0.1, -0.05) is 201 Å². The van der Waals surface area contributed by atoms with Crippen molar-refractivity contribution in [3.8, 4) is 11.1 Å². The molecule has 0 amide bonds. The van der Waals surface area contributed by atoms with E-state index < -0.39 is 5.41 Å². The number of anilines is 12. The first kappa shape index (κ1) is 61.7. The molecule has 0 unspecified atom stereocenters. The quantitative estimate of drug-likeness (QED) is 0.0670. The summed E-state index contributed by atoms with van der Waals surface area (Å²) in [4.78, 5) is 9.98. The normalized spacial score (nSPS) is 12.1. The Hall–Kier alpha value is -10.2. The Kier molecular flexibility index (Phi) is 18.1. The van der Waals surface area contributed by atoms with Gasteiger partial charge in [-0.2, -0.15) is 0 Å². The number of nitrogens with zero attached hydrogens (tertiary/aromatic N) is 4. The van der Waals surface area contributed by atoms with Gasteiger partial charge >= 0.3 is 0 Å². The molecule has 1 aliphatic rings. The minimum Gasteiger partial charge on any atom is -0.310 e. The van der Waals surface area contributed by atoms with E-state index in [2.05, 4.69) is 354 Å². The van der Waals surface area contributed by atoms with E-state index in [-0.39, 0.29) is 0 Å². The molecule has 0 N–H and O–H groups in total. The van der Waals surface area contributed by atoms with Gasteiger partial charge in [0.25, 0.3) is 0 Å². The van der Waals surface area contributed by atoms with Gasteiger partial charge < -0.3 is 19.6 Å². The predicted octanol–water partition coefficient (Wildman–Crippen LogP) is 24.4. The molecular weight excluding hydrogens is 1130 g/mol. The average Bonchev–Trinajstić information content (AvgIpc) is 1.56. The molecule has 93 heavy (non-hydrogen) atoms. The molecule has 12 aromatic rings. The molecule has 0 bridgehead atoms. The highest BCUT2D eigenvalue weighted by atomic mass is 15.2. The van der Waals surface area contributed by atoms with Crippen LogP contribution in [0.1, 0.15) is 122 Å². The lowest BCUT2D eigenvalue weighted by Crippen LogP contribution is -2.30. The first-order chi connectivity index (χ1) is 45.7. The number of aryl methyl sites for hydroxylation is 8. The number of hydrogen-bond acceptors (Lipinski definition) is 4. The van der Waals surface area contributed by atoms with Gasteiger partial charge in [-0.15, -0.1) is 0 Å². The van der Waals surface area contributed by atoms with Crippen molar-refractivity contribution >= 4 is 68.2 Å². The third kappa shape index (κ3) is 12.1. The molecule has 0 heterocycles. The number of rotatable bonds is 22. The molecule has 1 aliphatic carbocycles. The largest absolute Gasteiger partial charge is 0.310 e. The van der Waals surface area contributed by atoms with E-state index in [1.807, 2.05) is 0 Å². The molecule has 0 aliphatic heterocycles. The summed E-state index contributed by atoms with van der Waals surface area (Å²) in [6.45, 7) is 17.9. The Bertz CT molecular complexity index is 3770. The second-order valence-electron chi connectivity index (χ2n) is 24.8. The lowest BCUT2D eigenvalue weighted by molar-refractivity contribution is 0.768. The van der Waals surface area contributed by atoms with E-state index in [0.29, 0.717) is 0 Å². The zero-order chi connectivity index (χ0) is 64.0. The average molecular weight is 1210 g/mol. The summed E-state index contributed by atoms with van der Waals surface area (Å²) in [5.41, 5.74) is 29.6. The van der Waals surface area contributed by atoms with E-state index >= 15 is 0 Å². The van der Waals surface area contributed by atoms with E-state index in [4.69, 9.17) is 0 Å². The van der Waals surface area contributed by atoms with Gasteiger partial charge in [-0.25, -0.2) is 0 Å². The van der Waals surface area contributed by atoms with Crippen LogP contribution in [-0.4, -0.2) is 0 Å². The van der Waals surface area contributed by atoms with E-state index in [1.54, 1.807) is 0 Å². The fourth-order valence-corrected chi connectivity index (χ4v) is 14.0. The summed E-state index contributed by atoms with van der Waals surface area (Å²) in [5.74, 6) is 0. The van der Waals surface area contributed by atoms with Crippen LogP contribution in [0.25, 0.3) is 11.1 Å². The second kappa shape index (κ2) is 27.3. The van der Waals surface area contributed by atoms with Gasteiger partial charge in [0.1, 0.15) is 0 Å². The van der Waals surface area contributed by atoms with Crippen molar-refractivity contribution in [2.45, 2.75) is 112 Å². The zero-order valence-corrected chi connectivity index (χ0v) is 55.5. The van der Waals surface area contributed by atoms with Crippen LogP contribution in [0.15, 0.2) is 279 Å². The van der Waals surface area contributed by atoms with Gasteiger partial charge in [0.05, 0.1) is 5.41 Å². The number of benzene rings is 12. The number of fused-ring (bicyclic) bond motifs is 3. The monoisotopic (exact) mass is 1210 g/mol. The topological polar surface area (TPSA) is 13.0 Å². The maximum atomic E-state index is 2.53. The smallest absolute Gasteiger partial charge is 0.0716 e. The molecular formula is C89H86N4. The molecule has 0 atom stereocenters.